The number of carbonyl (C=O) groups is 3. The van der Waals surface area contributed by atoms with Crippen LogP contribution in [0.25, 0.3) is 11.0 Å². The van der Waals surface area contributed by atoms with Crippen molar-refractivity contribution in [3.8, 4) is 0 Å². The first-order valence-electron chi connectivity index (χ1n) is 10.1. The second-order valence-electron chi connectivity index (χ2n) is 7.96. The standard InChI is InChI=1S/C20H24Cl2N4O6/c1-9(2)18(28)30-7-13-12(32-19(29)10(3)4)5-14(31-13)26-6-11(21)15-16(22)24-20(23-8-27)25-17(15)26/h6,8-10,12-14H,5,7H2,1-4H3,(H,23,24,25,27)/t12-,13+,14+/m0/s1. The van der Waals surface area contributed by atoms with Crippen molar-refractivity contribution in [2.75, 3.05) is 11.9 Å². The van der Waals surface area contributed by atoms with Crippen LogP contribution < -0.4 is 5.32 Å². The van der Waals surface area contributed by atoms with Crippen LogP contribution in [0.15, 0.2) is 6.20 Å². The number of nitrogens with zero attached hydrogens (tertiary/aromatic N) is 3. The lowest BCUT2D eigenvalue weighted by atomic mass is 10.1. The topological polar surface area (TPSA) is 122 Å². The van der Waals surface area contributed by atoms with Crippen LogP contribution in [0.1, 0.15) is 40.3 Å². The molecule has 0 spiro atoms. The van der Waals surface area contributed by atoms with E-state index in [2.05, 4.69) is 15.3 Å². The molecule has 0 radical (unpaired) electrons. The third-order valence-corrected chi connectivity index (χ3v) is 5.42. The van der Waals surface area contributed by atoms with E-state index in [9.17, 15) is 14.4 Å². The summed E-state index contributed by atoms with van der Waals surface area (Å²) < 4.78 is 18.7. The SMILES string of the molecule is CC(C)C(=O)OC[C@H]1O[C@@H](n2cc(Cl)c3c(Cl)nc(NC=O)nc32)C[C@@H]1OC(=O)C(C)C. The minimum Gasteiger partial charge on any atom is -0.463 e. The monoisotopic (exact) mass is 486 g/mol. The Morgan fingerprint density at radius 3 is 2.56 bits per heavy atom. The first-order valence-corrected chi connectivity index (χ1v) is 10.8. The molecule has 2 aromatic rings. The van der Waals surface area contributed by atoms with E-state index >= 15 is 0 Å². The molecule has 0 aromatic carbocycles. The van der Waals surface area contributed by atoms with Crippen molar-refractivity contribution in [2.45, 2.75) is 52.6 Å². The van der Waals surface area contributed by atoms with Crippen molar-refractivity contribution in [3.05, 3.63) is 16.4 Å². The summed E-state index contributed by atoms with van der Waals surface area (Å²) in [5, 5.41) is 3.09. The number of hydrogen-bond donors (Lipinski definition) is 1. The average molecular weight is 487 g/mol. The molecule has 0 aliphatic carbocycles. The van der Waals surface area contributed by atoms with Gasteiger partial charge < -0.3 is 18.8 Å². The van der Waals surface area contributed by atoms with E-state index in [1.807, 2.05) is 0 Å². The number of amides is 1. The fourth-order valence-corrected chi connectivity index (χ4v) is 3.75. The summed E-state index contributed by atoms with van der Waals surface area (Å²) in [5.74, 6) is -1.42. The number of fused-ring (bicyclic) bond motifs is 1. The smallest absolute Gasteiger partial charge is 0.308 e. The van der Waals surface area contributed by atoms with Crippen LogP contribution in [-0.2, 0) is 28.6 Å². The number of nitrogens with one attached hydrogen (secondary N) is 1. The van der Waals surface area contributed by atoms with Crippen LogP contribution in [0.2, 0.25) is 10.2 Å². The summed E-state index contributed by atoms with van der Waals surface area (Å²) in [6, 6.07) is 0. The van der Waals surface area contributed by atoms with Crippen LogP contribution >= 0.6 is 23.2 Å². The largest absolute Gasteiger partial charge is 0.463 e. The minimum absolute atomic E-state index is 0.00304. The van der Waals surface area contributed by atoms with Crippen LogP contribution in [-0.4, -0.2) is 51.7 Å². The van der Waals surface area contributed by atoms with Crippen LogP contribution in [0.3, 0.4) is 0 Å². The Morgan fingerprint density at radius 1 is 1.25 bits per heavy atom. The summed E-state index contributed by atoms with van der Waals surface area (Å²) in [5.41, 5.74) is 0.332. The zero-order chi connectivity index (χ0) is 23.6. The molecule has 3 rings (SSSR count). The maximum Gasteiger partial charge on any atom is 0.308 e. The van der Waals surface area contributed by atoms with Crippen LogP contribution in [0, 0.1) is 11.8 Å². The molecule has 12 heteroatoms. The molecule has 2 aromatic heterocycles. The van der Waals surface area contributed by atoms with Gasteiger partial charge in [-0.1, -0.05) is 50.9 Å². The number of hydrogen-bond acceptors (Lipinski definition) is 8. The van der Waals surface area contributed by atoms with Crippen molar-refractivity contribution in [1.82, 2.24) is 14.5 Å². The van der Waals surface area contributed by atoms with Gasteiger partial charge in [-0.15, -0.1) is 0 Å². The Morgan fingerprint density at radius 2 is 1.94 bits per heavy atom. The number of rotatable bonds is 8. The van der Waals surface area contributed by atoms with Gasteiger partial charge in [-0.25, -0.2) is 0 Å². The van der Waals surface area contributed by atoms with Gasteiger partial charge >= 0.3 is 11.9 Å². The highest BCUT2D eigenvalue weighted by Gasteiger charge is 2.41. The molecule has 0 saturated carbocycles. The van der Waals surface area contributed by atoms with E-state index in [1.165, 1.54) is 0 Å². The molecule has 3 atom stereocenters. The average Bonchev–Trinajstić information content (AvgIpc) is 3.27. The van der Waals surface area contributed by atoms with Crippen LogP contribution in [0.5, 0.6) is 0 Å². The number of halogens is 2. The van der Waals surface area contributed by atoms with Crippen molar-refractivity contribution < 1.29 is 28.6 Å². The van der Waals surface area contributed by atoms with E-state index in [4.69, 9.17) is 37.4 Å². The van der Waals surface area contributed by atoms with Gasteiger partial charge in [0.05, 0.1) is 22.2 Å². The lowest BCUT2D eigenvalue weighted by Gasteiger charge is -2.20. The predicted molar refractivity (Wildman–Crippen MR) is 116 cm³/mol. The van der Waals surface area contributed by atoms with Gasteiger partial charge in [-0.05, 0) is 0 Å². The Labute approximate surface area is 194 Å². The fourth-order valence-electron chi connectivity index (χ4n) is 3.16. The molecule has 1 aliphatic heterocycles. The lowest BCUT2D eigenvalue weighted by molar-refractivity contribution is -0.162. The summed E-state index contributed by atoms with van der Waals surface area (Å²) in [6.45, 7) is 6.81. The normalized spacial score (nSPS) is 20.7. The summed E-state index contributed by atoms with van der Waals surface area (Å²) in [4.78, 5) is 43.2. The molecule has 1 saturated heterocycles. The Balaban J connectivity index is 1.91. The Bertz CT molecular complexity index is 1030. The molecule has 10 nitrogen and oxygen atoms in total. The second kappa shape index (κ2) is 10.0. The zero-order valence-corrected chi connectivity index (χ0v) is 19.5. The van der Waals surface area contributed by atoms with Crippen molar-refractivity contribution in [2.24, 2.45) is 11.8 Å². The molecule has 0 unspecified atom stereocenters. The number of aromatic nitrogens is 3. The van der Waals surface area contributed by atoms with Gasteiger partial charge in [0.1, 0.15) is 30.2 Å². The quantitative estimate of drug-likeness (QED) is 0.342. The van der Waals surface area contributed by atoms with Gasteiger partial charge in [-0.2, -0.15) is 9.97 Å². The molecule has 32 heavy (non-hydrogen) atoms. The van der Waals surface area contributed by atoms with Crippen molar-refractivity contribution in [1.29, 1.82) is 0 Å². The van der Waals surface area contributed by atoms with Crippen molar-refractivity contribution >= 4 is 58.5 Å². The number of carbonyl (C=O) groups excluding carboxylic acids is 3. The molecule has 0 bridgehead atoms. The van der Waals surface area contributed by atoms with Gasteiger partial charge in [0.25, 0.3) is 0 Å². The fraction of sp³-hybridized carbons (Fsp3) is 0.550. The maximum absolute atomic E-state index is 12.2. The molecular formula is C20H24Cl2N4O6. The van der Waals surface area contributed by atoms with Gasteiger partial charge in [0, 0.05) is 12.6 Å². The summed E-state index contributed by atoms with van der Waals surface area (Å²) >= 11 is 12.6. The second-order valence-corrected chi connectivity index (χ2v) is 8.73. The van der Waals surface area contributed by atoms with Crippen molar-refractivity contribution in [3.63, 3.8) is 0 Å². The van der Waals surface area contributed by atoms with E-state index in [0.29, 0.717) is 17.4 Å². The highest BCUT2D eigenvalue weighted by atomic mass is 35.5. The molecule has 1 aliphatic rings. The first-order chi connectivity index (χ1) is 15.1. The number of esters is 2. The predicted octanol–water partition coefficient (Wildman–Crippen LogP) is 3.36. The highest BCUT2D eigenvalue weighted by molar-refractivity contribution is 6.41. The zero-order valence-electron chi connectivity index (χ0n) is 18.0. The third-order valence-electron chi connectivity index (χ3n) is 4.86. The maximum atomic E-state index is 12.2. The van der Waals surface area contributed by atoms with Crippen LogP contribution in [0.4, 0.5) is 5.95 Å². The van der Waals surface area contributed by atoms with Gasteiger partial charge in [0.2, 0.25) is 12.4 Å². The molecular weight excluding hydrogens is 463 g/mol. The van der Waals surface area contributed by atoms with Gasteiger partial charge in [-0.3, -0.25) is 19.7 Å². The molecule has 174 valence electrons. The number of ether oxygens (including phenoxy) is 3. The number of anilines is 1. The Hall–Kier alpha value is -2.43. The van der Waals surface area contributed by atoms with E-state index in [1.54, 1.807) is 38.5 Å². The van der Waals surface area contributed by atoms with Gasteiger partial charge in [0.15, 0.2) is 5.65 Å². The van der Waals surface area contributed by atoms with E-state index < -0.39 is 24.4 Å². The molecule has 1 fully saturated rings. The molecule has 1 amide bonds. The minimum atomic E-state index is -0.688. The Kier molecular flexibility index (Phi) is 7.58. The molecule has 3 heterocycles. The highest BCUT2D eigenvalue weighted by Crippen LogP contribution is 2.38. The van der Waals surface area contributed by atoms with E-state index in [-0.39, 0.29) is 47.0 Å². The molecule has 1 N–H and O–H groups in total. The lowest BCUT2D eigenvalue weighted by Crippen LogP contribution is -2.33. The van der Waals surface area contributed by atoms with E-state index in [0.717, 1.165) is 0 Å². The first kappa shape index (κ1) is 24.2. The third kappa shape index (κ3) is 5.13. The summed E-state index contributed by atoms with van der Waals surface area (Å²) in [6.07, 6.45) is 0.279. The summed E-state index contributed by atoms with van der Waals surface area (Å²) in [7, 11) is 0.